The molecular weight excluding hydrogens is 326 g/mol. The number of benzene rings is 1. The van der Waals surface area contributed by atoms with E-state index in [4.69, 9.17) is 0 Å². The Morgan fingerprint density at radius 2 is 1.09 bits per heavy atom. The van der Waals surface area contributed by atoms with E-state index in [1.54, 1.807) is 0 Å². The number of halogens is 6. The van der Waals surface area contributed by atoms with E-state index in [1.165, 1.54) is 27.7 Å². The topological polar surface area (TPSA) is 40.5 Å². The smallest absolute Gasteiger partial charge is 0.430 e. The highest BCUT2D eigenvalue weighted by Crippen LogP contribution is 2.51. The minimum absolute atomic E-state index is 0.0851. The number of aromatic hydroxyl groups is 1. The van der Waals surface area contributed by atoms with Crippen LogP contribution in [0.25, 0.3) is 0 Å². The number of rotatable bonds is 3. The minimum Gasteiger partial charge on any atom is -0.507 e. The summed E-state index contributed by atoms with van der Waals surface area (Å²) in [6.45, 7) is 6.07. The van der Waals surface area contributed by atoms with Gasteiger partial charge in [0.25, 0.3) is 5.60 Å². The molecule has 0 amide bonds. The Hall–Kier alpha value is -1.44. The maximum atomic E-state index is 13.0. The fourth-order valence-electron chi connectivity index (χ4n) is 2.26. The molecule has 0 aromatic heterocycles. The van der Waals surface area contributed by atoms with E-state index < -0.39 is 35.4 Å². The van der Waals surface area contributed by atoms with Crippen LogP contribution in [-0.2, 0) is 5.60 Å². The van der Waals surface area contributed by atoms with E-state index >= 15 is 0 Å². The molecule has 0 aliphatic heterocycles. The number of aliphatic hydroxyl groups is 1. The lowest BCUT2D eigenvalue weighted by atomic mass is 9.84. The van der Waals surface area contributed by atoms with Gasteiger partial charge in [0, 0.05) is 5.56 Å². The van der Waals surface area contributed by atoms with Gasteiger partial charge in [0.2, 0.25) is 0 Å². The van der Waals surface area contributed by atoms with Gasteiger partial charge >= 0.3 is 12.4 Å². The summed E-state index contributed by atoms with van der Waals surface area (Å²) in [5.74, 6) is -1.42. The predicted molar refractivity (Wildman–Crippen MR) is 72.3 cm³/mol. The summed E-state index contributed by atoms with van der Waals surface area (Å²) in [4.78, 5) is 0. The Balaban J connectivity index is 3.82. The first kappa shape index (κ1) is 19.6. The lowest BCUT2D eigenvalue weighted by Gasteiger charge is -2.34. The van der Waals surface area contributed by atoms with Crippen molar-refractivity contribution in [2.45, 2.75) is 57.5 Å². The summed E-state index contributed by atoms with van der Waals surface area (Å²) < 4.78 is 78.1. The average molecular weight is 344 g/mol. The number of hydrogen-bond donors (Lipinski definition) is 2. The quantitative estimate of drug-likeness (QED) is 0.762. The lowest BCUT2D eigenvalue weighted by molar-refractivity contribution is -0.376. The summed E-state index contributed by atoms with van der Waals surface area (Å²) in [7, 11) is 0. The Morgan fingerprint density at radius 3 is 1.30 bits per heavy atom. The highest BCUT2D eigenvalue weighted by molar-refractivity contribution is 5.49. The third kappa shape index (κ3) is 3.27. The Labute approximate surface area is 129 Å². The van der Waals surface area contributed by atoms with Crippen LogP contribution in [0.2, 0.25) is 0 Å². The van der Waals surface area contributed by atoms with Crippen molar-refractivity contribution in [2.75, 3.05) is 0 Å². The van der Waals surface area contributed by atoms with E-state index in [1.807, 2.05) is 0 Å². The monoisotopic (exact) mass is 344 g/mol. The molecule has 0 saturated carbocycles. The Morgan fingerprint density at radius 1 is 0.783 bits per heavy atom. The van der Waals surface area contributed by atoms with Gasteiger partial charge in [-0.15, -0.1) is 0 Å². The van der Waals surface area contributed by atoms with Crippen molar-refractivity contribution in [1.29, 1.82) is 0 Å². The number of phenols is 1. The van der Waals surface area contributed by atoms with Crippen molar-refractivity contribution in [3.63, 3.8) is 0 Å². The van der Waals surface area contributed by atoms with Crippen LogP contribution in [0.4, 0.5) is 26.3 Å². The Kier molecular flexibility index (Phi) is 5.02. The second-order valence-electron chi connectivity index (χ2n) is 6.02. The maximum Gasteiger partial charge on any atom is 0.430 e. The Bertz CT molecular complexity index is 529. The molecule has 1 aromatic carbocycles. The van der Waals surface area contributed by atoms with Crippen LogP contribution in [0.3, 0.4) is 0 Å². The first-order chi connectivity index (χ1) is 10.1. The minimum atomic E-state index is -5.95. The van der Waals surface area contributed by atoms with Crippen LogP contribution >= 0.6 is 0 Å². The lowest BCUT2D eigenvalue weighted by Crippen LogP contribution is -2.54. The molecule has 0 saturated heterocycles. The fourth-order valence-corrected chi connectivity index (χ4v) is 2.26. The molecule has 0 unspecified atom stereocenters. The number of phenolic OH excluding ortho intramolecular Hbond substituents is 1. The van der Waals surface area contributed by atoms with Crippen LogP contribution in [-0.4, -0.2) is 22.6 Å². The van der Waals surface area contributed by atoms with E-state index in [9.17, 15) is 36.6 Å². The zero-order chi connectivity index (χ0) is 18.4. The van der Waals surface area contributed by atoms with Crippen molar-refractivity contribution >= 4 is 0 Å². The third-order valence-electron chi connectivity index (χ3n) is 3.65. The largest absolute Gasteiger partial charge is 0.507 e. The van der Waals surface area contributed by atoms with Crippen LogP contribution < -0.4 is 0 Å². The van der Waals surface area contributed by atoms with Crippen LogP contribution in [0.15, 0.2) is 12.1 Å². The van der Waals surface area contributed by atoms with Gasteiger partial charge in [-0.2, -0.15) is 26.3 Å². The second-order valence-corrected chi connectivity index (χ2v) is 6.02. The molecule has 0 heterocycles. The van der Waals surface area contributed by atoms with Gasteiger partial charge in [0.1, 0.15) is 5.75 Å². The van der Waals surface area contributed by atoms with Crippen molar-refractivity contribution in [3.8, 4) is 5.75 Å². The highest BCUT2D eigenvalue weighted by atomic mass is 19.4. The number of alkyl halides is 6. The zero-order valence-corrected chi connectivity index (χ0v) is 13.0. The summed E-state index contributed by atoms with van der Waals surface area (Å²) in [6.07, 6.45) is -11.9. The molecule has 2 nitrogen and oxygen atoms in total. The molecule has 132 valence electrons. The van der Waals surface area contributed by atoms with E-state index in [0.29, 0.717) is 12.1 Å². The molecule has 1 aromatic rings. The predicted octanol–water partition coefficient (Wildman–Crippen LogP) is 4.95. The highest BCUT2D eigenvalue weighted by Gasteiger charge is 2.71. The summed E-state index contributed by atoms with van der Waals surface area (Å²) >= 11 is 0. The maximum absolute atomic E-state index is 13.0. The average Bonchev–Trinajstić information content (AvgIpc) is 2.34. The molecule has 0 radical (unpaired) electrons. The van der Waals surface area contributed by atoms with E-state index in [-0.39, 0.29) is 16.9 Å². The van der Waals surface area contributed by atoms with Gasteiger partial charge in [-0.25, -0.2) is 0 Å². The normalized spacial score (nSPS) is 14.0. The molecule has 1 rings (SSSR count). The van der Waals surface area contributed by atoms with Crippen molar-refractivity contribution in [1.82, 2.24) is 0 Å². The molecule has 0 aliphatic carbocycles. The molecule has 2 N–H and O–H groups in total. The van der Waals surface area contributed by atoms with Gasteiger partial charge in [-0.05, 0) is 35.1 Å². The van der Waals surface area contributed by atoms with Crippen molar-refractivity contribution in [2.24, 2.45) is 0 Å². The van der Waals surface area contributed by atoms with Crippen molar-refractivity contribution in [3.05, 3.63) is 28.8 Å². The van der Waals surface area contributed by atoms with Gasteiger partial charge in [0.15, 0.2) is 0 Å². The van der Waals surface area contributed by atoms with Crippen molar-refractivity contribution < 1.29 is 36.6 Å². The van der Waals surface area contributed by atoms with Crippen LogP contribution in [0.1, 0.15) is 56.2 Å². The molecule has 0 atom stereocenters. The standard InChI is InChI=1S/C15H18F6O2/c1-7(2)10-5-9(6-11(8(3)4)12(10)22)13(23,14(16,17)18)15(19,20)21/h5-8,22-23H,1-4H3. The van der Waals surface area contributed by atoms with Crippen LogP contribution in [0, 0.1) is 0 Å². The molecular formula is C15H18F6O2. The summed E-state index contributed by atoms with van der Waals surface area (Å²) in [5.41, 5.74) is -6.51. The fraction of sp³-hybridized carbons (Fsp3) is 0.600. The molecule has 0 aliphatic rings. The first-order valence-electron chi connectivity index (χ1n) is 6.87. The zero-order valence-electron chi connectivity index (χ0n) is 13.0. The third-order valence-corrected chi connectivity index (χ3v) is 3.65. The molecule has 8 heteroatoms. The first-order valence-corrected chi connectivity index (χ1v) is 6.87. The number of hydrogen-bond acceptors (Lipinski definition) is 2. The summed E-state index contributed by atoms with van der Waals surface area (Å²) in [6, 6.07) is 1.12. The molecule has 23 heavy (non-hydrogen) atoms. The van der Waals surface area contributed by atoms with E-state index in [2.05, 4.69) is 0 Å². The second kappa shape index (κ2) is 5.89. The van der Waals surface area contributed by atoms with Gasteiger partial charge < -0.3 is 10.2 Å². The van der Waals surface area contributed by atoms with Crippen LogP contribution in [0.5, 0.6) is 5.75 Å². The molecule has 0 spiro atoms. The van der Waals surface area contributed by atoms with Gasteiger partial charge in [-0.3, -0.25) is 0 Å². The summed E-state index contributed by atoms with van der Waals surface area (Å²) in [5, 5.41) is 19.6. The van der Waals surface area contributed by atoms with Gasteiger partial charge in [0.05, 0.1) is 0 Å². The molecule has 0 bridgehead atoms. The van der Waals surface area contributed by atoms with E-state index in [0.717, 1.165) is 0 Å². The molecule has 0 fully saturated rings. The SMILES string of the molecule is CC(C)c1cc(C(O)(C(F)(F)F)C(F)(F)F)cc(C(C)C)c1O. The van der Waals surface area contributed by atoms with Gasteiger partial charge in [-0.1, -0.05) is 27.7 Å².